The van der Waals surface area contributed by atoms with Crippen LogP contribution in [0, 0.1) is 5.92 Å². The highest BCUT2D eigenvalue weighted by Crippen LogP contribution is 2.46. The van der Waals surface area contributed by atoms with Crippen LogP contribution in [0.15, 0.2) is 48.8 Å². The number of amides is 4. The van der Waals surface area contributed by atoms with Crippen LogP contribution in [0.25, 0.3) is 33.6 Å². The Morgan fingerprint density at radius 3 is 1.75 bits per heavy atom. The van der Waals surface area contributed by atoms with E-state index in [0.29, 0.717) is 73.6 Å². The number of nitrogens with zero attached hydrogens (tertiary/aromatic N) is 4. The molecule has 0 bridgehead atoms. The molecule has 4 N–H and O–H groups in total. The number of imidazole rings is 2. The van der Waals surface area contributed by atoms with Crippen molar-refractivity contribution in [1.29, 1.82) is 0 Å². The van der Waals surface area contributed by atoms with Crippen molar-refractivity contribution in [3.8, 4) is 45.1 Å². The molecule has 0 spiro atoms. The first-order valence-electron chi connectivity index (χ1n) is 21.4. The predicted molar refractivity (Wildman–Crippen MR) is 233 cm³/mol. The molecule has 2 aliphatic heterocycles. The molecule has 2 aliphatic rings. The van der Waals surface area contributed by atoms with E-state index in [-0.39, 0.29) is 43.0 Å². The van der Waals surface area contributed by atoms with Crippen LogP contribution in [0.3, 0.4) is 0 Å². The van der Waals surface area contributed by atoms with Crippen molar-refractivity contribution in [3.63, 3.8) is 0 Å². The van der Waals surface area contributed by atoms with Gasteiger partial charge in [0.2, 0.25) is 11.8 Å². The maximum absolute atomic E-state index is 13.7. The number of likely N-dealkylation sites (tertiary alicyclic amines) is 2. The van der Waals surface area contributed by atoms with Gasteiger partial charge in [0.25, 0.3) is 0 Å². The number of alkyl carbamates (subject to hydrolysis) is 2. The number of methoxy groups -OCH3 is 4. The Kier molecular flexibility index (Phi) is 16.0. The van der Waals surface area contributed by atoms with Crippen molar-refractivity contribution >= 4 is 24.0 Å². The molecular weight excluding hydrogens is 813 g/mol. The van der Waals surface area contributed by atoms with Gasteiger partial charge in [-0.15, -0.1) is 0 Å². The summed E-state index contributed by atoms with van der Waals surface area (Å²) in [5.74, 6) is 1.80. The number of ether oxygens (including phenoxy) is 6. The van der Waals surface area contributed by atoms with Gasteiger partial charge in [0.05, 0.1) is 63.3 Å². The Bertz CT molecular complexity index is 2170. The van der Waals surface area contributed by atoms with E-state index < -0.39 is 24.3 Å². The van der Waals surface area contributed by atoms with Gasteiger partial charge in [-0.2, -0.15) is 0 Å². The molecule has 2 saturated heterocycles. The van der Waals surface area contributed by atoms with Gasteiger partial charge < -0.3 is 58.8 Å². The van der Waals surface area contributed by atoms with E-state index in [0.717, 1.165) is 41.6 Å². The number of carbonyl (C=O) groups is 4. The zero-order valence-electron chi connectivity index (χ0n) is 37.2. The largest absolute Gasteiger partial charge is 0.487 e. The highest BCUT2D eigenvalue weighted by atomic mass is 16.6. The molecule has 0 aliphatic carbocycles. The van der Waals surface area contributed by atoms with Gasteiger partial charge in [-0.25, -0.2) is 19.6 Å². The zero-order chi connectivity index (χ0) is 45.0. The van der Waals surface area contributed by atoms with Gasteiger partial charge in [-0.1, -0.05) is 45.0 Å². The summed E-state index contributed by atoms with van der Waals surface area (Å²) < 4.78 is 33.1. The fourth-order valence-corrected chi connectivity index (χ4v) is 8.12. The Morgan fingerprint density at radius 2 is 1.19 bits per heavy atom. The fraction of sp³-hybridized carbons (Fsp3) is 0.511. The van der Waals surface area contributed by atoms with Crippen LogP contribution in [0.5, 0.6) is 11.5 Å². The number of aromatic amines is 2. The van der Waals surface area contributed by atoms with Gasteiger partial charge in [-0.05, 0) is 61.3 Å². The van der Waals surface area contributed by atoms with E-state index in [1.807, 2.05) is 57.2 Å². The molecule has 2 fully saturated rings. The van der Waals surface area contributed by atoms with Crippen molar-refractivity contribution in [2.75, 3.05) is 68.0 Å². The molecule has 0 saturated carbocycles. The first kappa shape index (κ1) is 46.4. The quantitative estimate of drug-likeness (QED) is 0.0797. The van der Waals surface area contributed by atoms with Gasteiger partial charge in [0.15, 0.2) is 11.5 Å². The summed E-state index contributed by atoms with van der Waals surface area (Å²) in [6.45, 7) is 7.89. The lowest BCUT2D eigenvalue weighted by atomic mass is 9.98. The summed E-state index contributed by atoms with van der Waals surface area (Å²) in [5.41, 5.74) is 4.73. The fourth-order valence-electron chi connectivity index (χ4n) is 8.12. The molecule has 4 aromatic rings. The molecule has 4 amide bonds. The Balaban J connectivity index is 1.27. The molecule has 4 unspecified atom stereocenters. The average molecular weight is 873 g/mol. The van der Waals surface area contributed by atoms with Crippen LogP contribution >= 0.6 is 0 Å². The number of H-pyrrole nitrogens is 2. The number of nitrogens with one attached hydrogen (secondary N) is 4. The third kappa shape index (κ3) is 10.7. The lowest BCUT2D eigenvalue weighted by Gasteiger charge is -2.30. The van der Waals surface area contributed by atoms with E-state index in [2.05, 4.69) is 20.6 Å². The zero-order valence-corrected chi connectivity index (χ0v) is 37.2. The second-order valence-electron chi connectivity index (χ2n) is 15.8. The average Bonchev–Trinajstić information content (AvgIpc) is 4.14. The van der Waals surface area contributed by atoms with Gasteiger partial charge in [-0.3, -0.25) is 9.59 Å². The molecule has 340 valence electrons. The predicted octanol–water partition coefficient (Wildman–Crippen LogP) is 6.03. The van der Waals surface area contributed by atoms with Crippen LogP contribution in [0.4, 0.5) is 9.59 Å². The summed E-state index contributed by atoms with van der Waals surface area (Å²) in [6.07, 6.45) is 5.66. The van der Waals surface area contributed by atoms with Crippen molar-refractivity contribution in [1.82, 2.24) is 40.4 Å². The lowest BCUT2D eigenvalue weighted by molar-refractivity contribution is -0.135. The van der Waals surface area contributed by atoms with Crippen molar-refractivity contribution in [3.05, 3.63) is 60.4 Å². The number of benzene rings is 2. The van der Waals surface area contributed by atoms with Crippen molar-refractivity contribution < 1.29 is 47.6 Å². The summed E-state index contributed by atoms with van der Waals surface area (Å²) in [4.78, 5) is 71.3. The Morgan fingerprint density at radius 1 is 0.683 bits per heavy atom. The van der Waals surface area contributed by atoms with Crippen LogP contribution in [0.1, 0.15) is 76.6 Å². The minimum atomic E-state index is -0.724. The van der Waals surface area contributed by atoms with Gasteiger partial charge >= 0.3 is 12.2 Å². The monoisotopic (exact) mass is 872 g/mol. The van der Waals surface area contributed by atoms with E-state index >= 15 is 0 Å². The van der Waals surface area contributed by atoms with Crippen molar-refractivity contribution in [2.24, 2.45) is 5.92 Å². The topological polar surface area (TPSA) is 212 Å². The van der Waals surface area contributed by atoms with Crippen LogP contribution in [-0.2, 0) is 28.5 Å². The summed E-state index contributed by atoms with van der Waals surface area (Å²) in [7, 11) is 5.77. The number of aromatic nitrogens is 4. The minimum Gasteiger partial charge on any atom is -0.487 e. The molecule has 18 nitrogen and oxygen atoms in total. The number of rotatable bonds is 19. The lowest BCUT2D eigenvalue weighted by Crippen LogP contribution is -2.51. The Labute approximate surface area is 367 Å². The highest BCUT2D eigenvalue weighted by Gasteiger charge is 2.38. The maximum atomic E-state index is 13.7. The summed E-state index contributed by atoms with van der Waals surface area (Å²) in [5, 5.41) is 5.35. The van der Waals surface area contributed by atoms with Crippen LogP contribution < -0.4 is 20.1 Å². The molecular formula is C45H60N8O10. The second-order valence-corrected chi connectivity index (χ2v) is 15.8. The van der Waals surface area contributed by atoms with Crippen LogP contribution in [-0.4, -0.2) is 134 Å². The second kappa shape index (κ2) is 21.8. The SMILES string of the molecule is CCC(NC(=O)OC)C(=O)N1CCCC1c1ncc(-c2ccc(-c3ccc(-c4cnc(C5CCCN5C(=O)C(NC(=O)OC)C(C)C)[nH]4)cc3)c(OCCOC)c2OCCOC)[nH]1. The third-order valence-corrected chi connectivity index (χ3v) is 11.4. The van der Waals surface area contributed by atoms with Gasteiger partial charge in [0, 0.05) is 38.4 Å². The molecule has 6 rings (SSSR count). The molecule has 4 atom stereocenters. The summed E-state index contributed by atoms with van der Waals surface area (Å²) >= 11 is 0. The molecule has 63 heavy (non-hydrogen) atoms. The van der Waals surface area contributed by atoms with Crippen molar-refractivity contribution in [2.45, 2.75) is 77.0 Å². The standard InChI is InChI=1S/C45H60N8O10/c1-8-32(50-44(56)60-6)42(54)52-19-9-11-35(52)41-47-26-34(49-41)31-18-17-30(38(62-23-21-58-4)39(31)63-24-22-59-5)28-13-15-29(16-14-28)33-25-46-40(48-33)36-12-10-20-53(36)43(55)37(27(2)3)51-45(57)61-7/h13-18,25-27,32,35-37H,8-12,19-24H2,1-7H3,(H,46,48)(H,47,49)(H,50,56)(H,51,57). The number of hydrogen-bond acceptors (Lipinski definition) is 12. The van der Waals surface area contributed by atoms with E-state index in [1.165, 1.54) is 14.2 Å². The highest BCUT2D eigenvalue weighted by molar-refractivity contribution is 5.87. The molecule has 0 radical (unpaired) electrons. The third-order valence-electron chi connectivity index (χ3n) is 11.4. The molecule has 2 aromatic carbocycles. The molecule has 18 heteroatoms. The number of hydrogen-bond donors (Lipinski definition) is 4. The first-order valence-corrected chi connectivity index (χ1v) is 21.4. The van der Waals surface area contributed by atoms with Crippen LogP contribution in [0.2, 0.25) is 0 Å². The molecule has 2 aromatic heterocycles. The van der Waals surface area contributed by atoms with E-state index in [9.17, 15) is 19.2 Å². The minimum absolute atomic E-state index is 0.137. The first-order chi connectivity index (χ1) is 30.5. The normalized spacial score (nSPS) is 17.1. The molecule has 4 heterocycles. The van der Waals surface area contributed by atoms with E-state index in [4.69, 9.17) is 38.4 Å². The number of carbonyl (C=O) groups excluding carboxylic acids is 4. The van der Waals surface area contributed by atoms with Gasteiger partial charge in [0.1, 0.15) is 36.9 Å². The summed E-state index contributed by atoms with van der Waals surface area (Å²) in [6, 6.07) is 9.91. The maximum Gasteiger partial charge on any atom is 0.407 e. The smallest absolute Gasteiger partial charge is 0.407 e. The Hall–Kier alpha value is -6.14. The van der Waals surface area contributed by atoms with E-state index in [1.54, 1.807) is 36.4 Å².